The molecule has 0 aromatic heterocycles. The van der Waals surface area contributed by atoms with Crippen molar-refractivity contribution in [2.24, 2.45) is 5.92 Å². The lowest BCUT2D eigenvalue weighted by atomic mass is 10.1. The summed E-state index contributed by atoms with van der Waals surface area (Å²) in [7, 11) is 1.50. The van der Waals surface area contributed by atoms with Gasteiger partial charge in [0.2, 0.25) is 0 Å². The number of imide groups is 1. The van der Waals surface area contributed by atoms with E-state index in [9.17, 15) is 19.6 Å². The van der Waals surface area contributed by atoms with Crippen LogP contribution in [0.25, 0.3) is 6.08 Å². The number of rotatable bonds is 9. The number of nitrogens with zero attached hydrogens (tertiary/aromatic N) is 2. The predicted octanol–water partition coefficient (Wildman–Crippen LogP) is 4.99. The average molecular weight is 606 g/mol. The van der Waals surface area contributed by atoms with Crippen molar-refractivity contribution in [3.8, 4) is 17.6 Å². The molecule has 2 amide bonds. The molecule has 0 N–H and O–H groups in total. The molecule has 2 aromatic rings. The summed E-state index contributed by atoms with van der Waals surface area (Å²) in [6.07, 6.45) is 1.57. The molecular formula is C25H23IN2O6S. The topological polar surface area (TPSA) is 106 Å². The Labute approximate surface area is 221 Å². The normalized spacial score (nSPS) is 14.4. The first-order valence-corrected chi connectivity index (χ1v) is 12.5. The fourth-order valence-corrected chi connectivity index (χ4v) is 4.71. The number of esters is 1. The number of carbonyl (C=O) groups is 3. The molecule has 2 aromatic carbocycles. The van der Waals surface area contributed by atoms with Gasteiger partial charge in [-0.05, 0) is 70.1 Å². The first-order valence-electron chi connectivity index (χ1n) is 10.6. The molecular weight excluding hydrogens is 583 g/mol. The van der Waals surface area contributed by atoms with Gasteiger partial charge in [-0.1, -0.05) is 32.0 Å². The zero-order chi connectivity index (χ0) is 25.5. The van der Waals surface area contributed by atoms with Gasteiger partial charge < -0.3 is 14.2 Å². The second-order valence-corrected chi connectivity index (χ2v) is 10.1. The van der Waals surface area contributed by atoms with E-state index in [0.29, 0.717) is 22.6 Å². The van der Waals surface area contributed by atoms with E-state index < -0.39 is 23.7 Å². The second-order valence-electron chi connectivity index (χ2n) is 7.94. The van der Waals surface area contributed by atoms with Crippen molar-refractivity contribution >= 4 is 57.5 Å². The van der Waals surface area contributed by atoms with Gasteiger partial charge in [-0.2, -0.15) is 5.26 Å². The molecule has 0 unspecified atom stereocenters. The van der Waals surface area contributed by atoms with Crippen molar-refractivity contribution in [1.82, 2.24) is 4.90 Å². The highest BCUT2D eigenvalue weighted by atomic mass is 127. The first-order chi connectivity index (χ1) is 16.7. The Bertz CT molecular complexity index is 1220. The molecule has 35 heavy (non-hydrogen) atoms. The largest absolute Gasteiger partial charge is 0.493 e. The van der Waals surface area contributed by atoms with Gasteiger partial charge in [0.15, 0.2) is 11.5 Å². The predicted molar refractivity (Wildman–Crippen MR) is 140 cm³/mol. The summed E-state index contributed by atoms with van der Waals surface area (Å²) in [4.78, 5) is 38.1. The molecule has 1 fully saturated rings. The molecule has 3 rings (SSSR count). The van der Waals surface area contributed by atoms with E-state index in [1.54, 1.807) is 30.3 Å². The molecule has 1 heterocycles. The molecule has 1 aliphatic heterocycles. The van der Waals surface area contributed by atoms with Crippen molar-refractivity contribution < 1.29 is 28.6 Å². The lowest BCUT2D eigenvalue weighted by molar-refractivity contribution is -0.147. The Morgan fingerprint density at radius 3 is 2.69 bits per heavy atom. The third-order valence-corrected chi connectivity index (χ3v) is 6.51. The monoisotopic (exact) mass is 606 g/mol. The zero-order valence-electron chi connectivity index (χ0n) is 19.4. The zero-order valence-corrected chi connectivity index (χ0v) is 22.3. The summed E-state index contributed by atoms with van der Waals surface area (Å²) in [5.41, 5.74) is 1.91. The molecule has 182 valence electrons. The Kier molecular flexibility index (Phi) is 9.17. The van der Waals surface area contributed by atoms with Crippen LogP contribution in [0.4, 0.5) is 4.79 Å². The fourth-order valence-electron chi connectivity index (χ4n) is 3.09. The lowest BCUT2D eigenvalue weighted by Crippen LogP contribution is -2.34. The van der Waals surface area contributed by atoms with Crippen LogP contribution in [-0.4, -0.2) is 42.3 Å². The molecule has 0 aliphatic carbocycles. The minimum atomic E-state index is -0.627. The minimum Gasteiger partial charge on any atom is -0.493 e. The van der Waals surface area contributed by atoms with Crippen molar-refractivity contribution in [1.29, 1.82) is 5.26 Å². The van der Waals surface area contributed by atoms with E-state index in [1.165, 1.54) is 7.11 Å². The standard InChI is InChI=1S/C25H23IN2O6S/c1-15(2)13-33-22(29)12-28-24(30)21(35-25(28)31)10-16-8-19(26)23(20(9-16)32-3)34-14-18-7-5-4-6-17(18)11-27/h4-10,15H,12-14H2,1-3H3/b21-10+. The quantitative estimate of drug-likeness (QED) is 0.224. The Balaban J connectivity index is 1.77. The highest BCUT2D eigenvalue weighted by molar-refractivity contribution is 14.1. The van der Waals surface area contributed by atoms with Gasteiger partial charge in [0.05, 0.1) is 33.8 Å². The summed E-state index contributed by atoms with van der Waals surface area (Å²) < 4.78 is 17.3. The third-order valence-electron chi connectivity index (χ3n) is 4.80. The highest BCUT2D eigenvalue weighted by Gasteiger charge is 2.36. The van der Waals surface area contributed by atoms with Gasteiger partial charge in [0.1, 0.15) is 13.2 Å². The number of hydrogen-bond acceptors (Lipinski definition) is 8. The van der Waals surface area contributed by atoms with E-state index in [1.807, 2.05) is 26.0 Å². The van der Waals surface area contributed by atoms with E-state index in [0.717, 1.165) is 25.8 Å². The number of benzene rings is 2. The van der Waals surface area contributed by atoms with Crippen LogP contribution < -0.4 is 9.47 Å². The molecule has 0 bridgehead atoms. The molecule has 1 saturated heterocycles. The number of hydrogen-bond donors (Lipinski definition) is 0. The number of thioether (sulfide) groups is 1. The maximum Gasteiger partial charge on any atom is 0.326 e. The van der Waals surface area contributed by atoms with Crippen LogP contribution in [0.15, 0.2) is 41.3 Å². The van der Waals surface area contributed by atoms with Crippen molar-refractivity contribution in [3.05, 3.63) is 61.6 Å². The Morgan fingerprint density at radius 1 is 1.26 bits per heavy atom. The number of carbonyl (C=O) groups excluding carboxylic acids is 3. The smallest absolute Gasteiger partial charge is 0.326 e. The van der Waals surface area contributed by atoms with Crippen LogP contribution in [0, 0.1) is 20.8 Å². The van der Waals surface area contributed by atoms with Gasteiger partial charge in [0.25, 0.3) is 11.1 Å². The van der Waals surface area contributed by atoms with Gasteiger partial charge >= 0.3 is 5.97 Å². The van der Waals surface area contributed by atoms with Crippen molar-refractivity contribution in [2.45, 2.75) is 20.5 Å². The highest BCUT2D eigenvalue weighted by Crippen LogP contribution is 2.37. The molecule has 8 nitrogen and oxygen atoms in total. The molecule has 0 spiro atoms. The number of nitriles is 1. The fraction of sp³-hybridized carbons (Fsp3) is 0.280. The van der Waals surface area contributed by atoms with E-state index >= 15 is 0 Å². The second kappa shape index (κ2) is 12.1. The number of amides is 2. The van der Waals surface area contributed by atoms with Crippen molar-refractivity contribution in [3.63, 3.8) is 0 Å². The van der Waals surface area contributed by atoms with Crippen molar-refractivity contribution in [2.75, 3.05) is 20.3 Å². The number of ether oxygens (including phenoxy) is 3. The lowest BCUT2D eigenvalue weighted by Gasteiger charge is -2.14. The van der Waals surface area contributed by atoms with E-state index in [4.69, 9.17) is 14.2 Å². The first kappa shape index (κ1) is 26.6. The number of methoxy groups -OCH3 is 1. The van der Waals surface area contributed by atoms with Crippen LogP contribution in [0.2, 0.25) is 0 Å². The summed E-state index contributed by atoms with van der Waals surface area (Å²) in [6.45, 7) is 3.77. The van der Waals surface area contributed by atoms with Crippen LogP contribution in [0.1, 0.15) is 30.5 Å². The van der Waals surface area contributed by atoms with Crippen LogP contribution >= 0.6 is 34.4 Å². The third kappa shape index (κ3) is 6.76. The molecule has 0 saturated carbocycles. The number of halogens is 1. The summed E-state index contributed by atoms with van der Waals surface area (Å²) in [6, 6.07) is 12.8. The van der Waals surface area contributed by atoms with Gasteiger partial charge in [-0.25, -0.2) is 0 Å². The summed E-state index contributed by atoms with van der Waals surface area (Å²) in [5.74, 6) is -0.0887. The van der Waals surface area contributed by atoms with Gasteiger partial charge in [-0.3, -0.25) is 19.3 Å². The summed E-state index contributed by atoms with van der Waals surface area (Å²) >= 11 is 2.86. The average Bonchev–Trinajstić information content (AvgIpc) is 3.09. The maximum atomic E-state index is 12.7. The maximum absolute atomic E-state index is 12.7. The van der Waals surface area contributed by atoms with E-state index in [2.05, 4.69) is 28.7 Å². The molecule has 1 aliphatic rings. The molecule has 10 heteroatoms. The van der Waals surface area contributed by atoms with E-state index in [-0.39, 0.29) is 24.0 Å². The van der Waals surface area contributed by atoms with Gasteiger partial charge in [-0.15, -0.1) is 0 Å². The van der Waals surface area contributed by atoms with Crippen LogP contribution in [-0.2, 0) is 20.9 Å². The Hall–Kier alpha value is -3.04. The SMILES string of the molecule is COc1cc(/C=C2/SC(=O)N(CC(=O)OCC(C)C)C2=O)cc(I)c1OCc1ccccc1C#N. The minimum absolute atomic E-state index is 0.152. The molecule has 0 radical (unpaired) electrons. The molecule has 0 atom stereocenters. The summed E-state index contributed by atoms with van der Waals surface area (Å²) in [5, 5.41) is 8.75. The van der Waals surface area contributed by atoms with Crippen LogP contribution in [0.3, 0.4) is 0 Å². The van der Waals surface area contributed by atoms with Crippen LogP contribution in [0.5, 0.6) is 11.5 Å². The Morgan fingerprint density at radius 2 is 2.00 bits per heavy atom. The van der Waals surface area contributed by atoms with Gasteiger partial charge in [0, 0.05) is 5.56 Å².